The lowest BCUT2D eigenvalue weighted by Gasteiger charge is -2.39. The molecule has 0 bridgehead atoms. The lowest BCUT2D eigenvalue weighted by atomic mass is 9.68. The molecule has 1 aromatic heterocycles. The summed E-state index contributed by atoms with van der Waals surface area (Å²) in [5.74, 6) is -1.41. The van der Waals surface area contributed by atoms with Crippen molar-refractivity contribution in [1.82, 2.24) is 5.32 Å². The van der Waals surface area contributed by atoms with Crippen LogP contribution in [0.3, 0.4) is 0 Å². The molecule has 1 N–H and O–H groups in total. The van der Waals surface area contributed by atoms with Gasteiger partial charge >= 0.3 is 5.97 Å². The van der Waals surface area contributed by atoms with E-state index in [1.165, 1.54) is 6.26 Å². The topological polar surface area (TPSA) is 85.6 Å². The Kier molecular flexibility index (Phi) is 6.12. The standard InChI is InChI=1S/C28H30ClNO5/c1-15-23(27(33)35-17-7-5-4-6-8-17)24(25-20(30-15)12-28(2,3)13-21(25)31)19-14-34-22-10-9-16(29)11-18(22)26(19)32/h9-11,14,17,24,30H,4-8,12-13H2,1-3H3. The summed E-state index contributed by atoms with van der Waals surface area (Å²) in [4.78, 5) is 40.8. The number of fused-ring (bicyclic) bond motifs is 1. The first-order valence-electron chi connectivity index (χ1n) is 12.3. The van der Waals surface area contributed by atoms with E-state index in [2.05, 4.69) is 5.32 Å². The van der Waals surface area contributed by atoms with Gasteiger partial charge in [-0.3, -0.25) is 9.59 Å². The van der Waals surface area contributed by atoms with Gasteiger partial charge in [-0.2, -0.15) is 0 Å². The highest BCUT2D eigenvalue weighted by Gasteiger charge is 2.44. The highest BCUT2D eigenvalue weighted by Crippen LogP contribution is 2.46. The van der Waals surface area contributed by atoms with Gasteiger partial charge in [0.05, 0.1) is 23.1 Å². The minimum absolute atomic E-state index is 0.0743. The fourth-order valence-corrected chi connectivity index (χ4v) is 5.91. The van der Waals surface area contributed by atoms with Crippen LogP contribution in [0.4, 0.5) is 0 Å². The number of Topliss-reactive ketones (excluding diaryl/α,β-unsaturated/α-hetero) is 1. The fourth-order valence-electron chi connectivity index (χ4n) is 5.73. The monoisotopic (exact) mass is 495 g/mol. The molecule has 2 aliphatic carbocycles. The highest BCUT2D eigenvalue weighted by molar-refractivity contribution is 6.31. The molecule has 0 spiro atoms. The van der Waals surface area contributed by atoms with Crippen molar-refractivity contribution in [3.8, 4) is 0 Å². The minimum atomic E-state index is -0.856. The van der Waals surface area contributed by atoms with Crippen molar-refractivity contribution < 1.29 is 18.7 Å². The van der Waals surface area contributed by atoms with Gasteiger partial charge < -0.3 is 14.5 Å². The van der Waals surface area contributed by atoms with E-state index in [0.29, 0.717) is 45.7 Å². The van der Waals surface area contributed by atoms with Crippen LogP contribution in [0, 0.1) is 5.41 Å². The van der Waals surface area contributed by atoms with Crippen molar-refractivity contribution in [2.24, 2.45) is 5.41 Å². The lowest BCUT2D eigenvalue weighted by molar-refractivity contribution is -0.146. The van der Waals surface area contributed by atoms with E-state index in [-0.39, 0.29) is 28.3 Å². The summed E-state index contributed by atoms with van der Waals surface area (Å²) in [5.41, 5.74) is 2.23. The SMILES string of the molecule is CC1=C(C(=O)OC2CCCCC2)C(c2coc3ccc(Cl)cc3c2=O)C2=C(CC(C)(C)CC2=O)N1. The van der Waals surface area contributed by atoms with Crippen LogP contribution in [0.15, 0.2) is 56.2 Å². The molecule has 184 valence electrons. The summed E-state index contributed by atoms with van der Waals surface area (Å²) in [6, 6.07) is 4.86. The van der Waals surface area contributed by atoms with E-state index in [9.17, 15) is 14.4 Å². The van der Waals surface area contributed by atoms with Crippen LogP contribution in [0.25, 0.3) is 11.0 Å². The Bertz CT molecular complexity index is 1340. The van der Waals surface area contributed by atoms with Gasteiger partial charge in [-0.05, 0) is 62.6 Å². The van der Waals surface area contributed by atoms with E-state index in [1.807, 2.05) is 13.8 Å². The Hall–Kier alpha value is -2.86. The Labute approximate surface area is 209 Å². The molecule has 7 heteroatoms. The van der Waals surface area contributed by atoms with Gasteiger partial charge in [-0.25, -0.2) is 4.79 Å². The number of carbonyl (C=O) groups excluding carboxylic acids is 2. The van der Waals surface area contributed by atoms with Gasteiger partial charge in [0.25, 0.3) is 0 Å². The largest absolute Gasteiger partial charge is 0.464 e. The zero-order valence-electron chi connectivity index (χ0n) is 20.3. The van der Waals surface area contributed by atoms with Crippen molar-refractivity contribution in [3.05, 3.63) is 67.8 Å². The van der Waals surface area contributed by atoms with Crippen molar-refractivity contribution >= 4 is 34.3 Å². The second-order valence-corrected chi connectivity index (χ2v) is 11.2. The number of ether oxygens (including phenoxy) is 1. The second-order valence-electron chi connectivity index (χ2n) is 10.8. The Balaban J connectivity index is 1.66. The zero-order chi connectivity index (χ0) is 24.9. The van der Waals surface area contributed by atoms with Crippen molar-refractivity contribution in [1.29, 1.82) is 0 Å². The molecular weight excluding hydrogens is 466 g/mol. The molecule has 3 aliphatic rings. The molecule has 5 rings (SSSR count). The number of hydrogen-bond donors (Lipinski definition) is 1. The number of esters is 1. The van der Waals surface area contributed by atoms with Gasteiger partial charge in [-0.1, -0.05) is 31.9 Å². The lowest BCUT2D eigenvalue weighted by Crippen LogP contribution is -2.40. The molecule has 0 amide bonds. The number of allylic oxidation sites excluding steroid dienone is 3. The number of benzene rings is 1. The molecule has 35 heavy (non-hydrogen) atoms. The quantitative estimate of drug-likeness (QED) is 0.531. The molecule has 2 aromatic rings. The maximum absolute atomic E-state index is 13.7. The smallest absolute Gasteiger partial charge is 0.337 e. The second kappa shape index (κ2) is 8.98. The van der Waals surface area contributed by atoms with Crippen LogP contribution in [0.1, 0.15) is 77.2 Å². The van der Waals surface area contributed by atoms with Gasteiger partial charge in [0.1, 0.15) is 11.7 Å². The summed E-state index contributed by atoms with van der Waals surface area (Å²) in [5, 5.41) is 4.05. The van der Waals surface area contributed by atoms with E-state index in [0.717, 1.165) is 37.8 Å². The average molecular weight is 496 g/mol. The van der Waals surface area contributed by atoms with Gasteiger partial charge in [0.2, 0.25) is 0 Å². The molecule has 2 heterocycles. The van der Waals surface area contributed by atoms with E-state index < -0.39 is 11.9 Å². The van der Waals surface area contributed by atoms with Crippen molar-refractivity contribution in [2.75, 3.05) is 0 Å². The number of rotatable bonds is 3. The number of ketones is 1. The van der Waals surface area contributed by atoms with Gasteiger partial charge in [-0.15, -0.1) is 0 Å². The number of halogens is 1. The molecule has 1 atom stereocenters. The summed E-state index contributed by atoms with van der Waals surface area (Å²) >= 11 is 6.17. The van der Waals surface area contributed by atoms with E-state index >= 15 is 0 Å². The maximum Gasteiger partial charge on any atom is 0.337 e. The third-order valence-corrected chi connectivity index (χ3v) is 7.59. The molecule has 0 radical (unpaired) electrons. The average Bonchev–Trinajstić information content (AvgIpc) is 2.78. The van der Waals surface area contributed by atoms with Crippen molar-refractivity contribution in [2.45, 2.75) is 77.7 Å². The van der Waals surface area contributed by atoms with Crippen LogP contribution in [-0.2, 0) is 14.3 Å². The van der Waals surface area contributed by atoms with Crippen LogP contribution in [0.2, 0.25) is 5.02 Å². The van der Waals surface area contributed by atoms with Crippen LogP contribution < -0.4 is 10.7 Å². The fraction of sp³-hybridized carbons (Fsp3) is 0.464. The zero-order valence-corrected chi connectivity index (χ0v) is 21.1. The van der Waals surface area contributed by atoms with Gasteiger partial charge in [0, 0.05) is 34.0 Å². The van der Waals surface area contributed by atoms with Crippen LogP contribution in [-0.4, -0.2) is 17.9 Å². The minimum Gasteiger partial charge on any atom is -0.464 e. The van der Waals surface area contributed by atoms with Gasteiger partial charge in [0.15, 0.2) is 11.2 Å². The predicted molar refractivity (Wildman–Crippen MR) is 134 cm³/mol. The number of dihydropyridines is 1. The molecule has 1 saturated carbocycles. The van der Waals surface area contributed by atoms with Crippen LogP contribution >= 0.6 is 11.6 Å². The molecule has 6 nitrogen and oxygen atoms in total. The first-order valence-corrected chi connectivity index (χ1v) is 12.7. The highest BCUT2D eigenvalue weighted by atomic mass is 35.5. The number of hydrogen-bond acceptors (Lipinski definition) is 6. The first-order chi connectivity index (χ1) is 16.6. The molecular formula is C28H30ClNO5. The summed E-state index contributed by atoms with van der Waals surface area (Å²) < 4.78 is 11.7. The number of carbonyl (C=O) groups is 2. The van der Waals surface area contributed by atoms with Crippen molar-refractivity contribution in [3.63, 3.8) is 0 Å². The summed E-state index contributed by atoms with van der Waals surface area (Å²) in [6.07, 6.45) is 7.04. The first kappa shape index (κ1) is 23.9. The number of nitrogens with one attached hydrogen (secondary N) is 1. The third kappa shape index (κ3) is 4.44. The van der Waals surface area contributed by atoms with Crippen LogP contribution in [0.5, 0.6) is 0 Å². The summed E-state index contributed by atoms with van der Waals surface area (Å²) in [7, 11) is 0. The Morgan fingerprint density at radius 1 is 1.14 bits per heavy atom. The molecule has 1 aromatic carbocycles. The summed E-state index contributed by atoms with van der Waals surface area (Å²) in [6.45, 7) is 5.90. The molecule has 0 saturated heterocycles. The predicted octanol–water partition coefficient (Wildman–Crippen LogP) is 5.93. The third-order valence-electron chi connectivity index (χ3n) is 7.36. The maximum atomic E-state index is 13.7. The normalized spacial score (nSPS) is 22.7. The molecule has 1 fully saturated rings. The Morgan fingerprint density at radius 3 is 2.63 bits per heavy atom. The van der Waals surface area contributed by atoms with E-state index in [4.69, 9.17) is 20.8 Å². The van der Waals surface area contributed by atoms with E-state index in [1.54, 1.807) is 25.1 Å². The Morgan fingerprint density at radius 2 is 1.89 bits per heavy atom. The molecule has 1 unspecified atom stereocenters. The molecule has 1 aliphatic heterocycles.